The van der Waals surface area contributed by atoms with E-state index in [1.165, 1.54) is 0 Å². The standard InChI is InChI=1S/C8H14ClNO2/c1-6-5-12-8(3-9)4-10(6)7(2)11/h6,8H,3-5H2,1-2H3. The van der Waals surface area contributed by atoms with Gasteiger partial charge in [-0.25, -0.2) is 0 Å². The number of carbonyl (C=O) groups is 1. The molecule has 1 aliphatic heterocycles. The molecule has 1 heterocycles. The van der Waals surface area contributed by atoms with Gasteiger partial charge in [-0.05, 0) is 6.92 Å². The number of alkyl halides is 1. The molecule has 3 nitrogen and oxygen atoms in total. The number of hydrogen-bond donors (Lipinski definition) is 0. The molecular weight excluding hydrogens is 178 g/mol. The molecule has 70 valence electrons. The molecule has 0 bridgehead atoms. The maximum absolute atomic E-state index is 11.1. The monoisotopic (exact) mass is 191 g/mol. The first-order chi connectivity index (χ1) is 5.65. The molecule has 1 saturated heterocycles. The van der Waals surface area contributed by atoms with Crippen molar-refractivity contribution >= 4 is 17.5 Å². The highest BCUT2D eigenvalue weighted by atomic mass is 35.5. The van der Waals surface area contributed by atoms with Crippen molar-refractivity contribution in [1.29, 1.82) is 0 Å². The second-order valence-electron chi connectivity index (χ2n) is 3.13. The first-order valence-electron chi connectivity index (χ1n) is 4.10. The highest BCUT2D eigenvalue weighted by Crippen LogP contribution is 2.12. The summed E-state index contributed by atoms with van der Waals surface area (Å²) in [5.41, 5.74) is 0. The van der Waals surface area contributed by atoms with E-state index in [2.05, 4.69) is 0 Å². The molecule has 0 aromatic heterocycles. The largest absolute Gasteiger partial charge is 0.373 e. The molecule has 0 radical (unpaired) electrons. The second-order valence-corrected chi connectivity index (χ2v) is 3.44. The summed E-state index contributed by atoms with van der Waals surface area (Å²) in [7, 11) is 0. The molecule has 4 heteroatoms. The molecule has 0 spiro atoms. The Morgan fingerprint density at radius 3 is 2.92 bits per heavy atom. The second kappa shape index (κ2) is 4.10. The Labute approximate surface area is 77.6 Å². The maximum atomic E-state index is 11.1. The minimum Gasteiger partial charge on any atom is -0.373 e. The van der Waals surface area contributed by atoms with Gasteiger partial charge < -0.3 is 9.64 Å². The molecule has 1 aliphatic rings. The first kappa shape index (κ1) is 9.81. The van der Waals surface area contributed by atoms with Crippen LogP contribution in [0.15, 0.2) is 0 Å². The van der Waals surface area contributed by atoms with Crippen molar-refractivity contribution in [1.82, 2.24) is 4.90 Å². The van der Waals surface area contributed by atoms with Gasteiger partial charge in [-0.3, -0.25) is 4.79 Å². The molecule has 2 unspecified atom stereocenters. The third kappa shape index (κ3) is 2.11. The molecule has 0 saturated carbocycles. The molecule has 0 aromatic carbocycles. The molecule has 1 rings (SSSR count). The van der Waals surface area contributed by atoms with Crippen molar-refractivity contribution in [2.24, 2.45) is 0 Å². The van der Waals surface area contributed by atoms with Crippen LogP contribution >= 0.6 is 11.6 Å². The molecule has 1 fully saturated rings. The number of carbonyl (C=O) groups excluding carboxylic acids is 1. The number of ether oxygens (including phenoxy) is 1. The molecule has 0 aromatic rings. The van der Waals surface area contributed by atoms with Gasteiger partial charge in [-0.2, -0.15) is 0 Å². The van der Waals surface area contributed by atoms with Crippen molar-refractivity contribution < 1.29 is 9.53 Å². The Hall–Kier alpha value is -0.280. The molecule has 12 heavy (non-hydrogen) atoms. The third-order valence-corrected chi connectivity index (χ3v) is 2.43. The normalized spacial score (nSPS) is 30.4. The lowest BCUT2D eigenvalue weighted by Crippen LogP contribution is -2.50. The van der Waals surface area contributed by atoms with E-state index in [1.807, 2.05) is 6.92 Å². The van der Waals surface area contributed by atoms with Crippen molar-refractivity contribution in [3.63, 3.8) is 0 Å². The Morgan fingerprint density at radius 1 is 1.75 bits per heavy atom. The van der Waals surface area contributed by atoms with Crippen molar-refractivity contribution in [3.8, 4) is 0 Å². The molecule has 0 N–H and O–H groups in total. The zero-order chi connectivity index (χ0) is 9.14. The van der Waals surface area contributed by atoms with Gasteiger partial charge in [0.15, 0.2) is 0 Å². The minimum absolute atomic E-state index is 0.00627. The predicted octanol–water partition coefficient (Wildman–Crippen LogP) is 0.861. The van der Waals surface area contributed by atoms with Crippen LogP contribution in [-0.2, 0) is 9.53 Å². The van der Waals surface area contributed by atoms with Crippen LogP contribution in [0.3, 0.4) is 0 Å². The highest BCUT2D eigenvalue weighted by Gasteiger charge is 2.26. The van der Waals surface area contributed by atoms with E-state index >= 15 is 0 Å². The minimum atomic E-state index is 0.00627. The predicted molar refractivity (Wildman–Crippen MR) is 47.3 cm³/mol. The van der Waals surface area contributed by atoms with E-state index in [0.717, 1.165) is 0 Å². The highest BCUT2D eigenvalue weighted by molar-refractivity contribution is 6.18. The van der Waals surface area contributed by atoms with E-state index in [9.17, 15) is 4.79 Å². The summed E-state index contributed by atoms with van der Waals surface area (Å²) < 4.78 is 5.39. The van der Waals surface area contributed by atoms with Gasteiger partial charge in [0, 0.05) is 13.5 Å². The number of rotatable bonds is 1. The van der Waals surface area contributed by atoms with E-state index in [-0.39, 0.29) is 18.1 Å². The van der Waals surface area contributed by atoms with Gasteiger partial charge in [0.05, 0.1) is 24.6 Å². The summed E-state index contributed by atoms with van der Waals surface area (Å²) in [6.07, 6.45) is 0.00627. The summed E-state index contributed by atoms with van der Waals surface area (Å²) in [6.45, 7) is 4.77. The maximum Gasteiger partial charge on any atom is 0.219 e. The SMILES string of the molecule is CC(=O)N1CC(CCl)OCC1C. The zero-order valence-corrected chi connectivity index (χ0v) is 8.17. The third-order valence-electron chi connectivity index (χ3n) is 2.08. The van der Waals surface area contributed by atoms with Gasteiger partial charge in [0.25, 0.3) is 0 Å². The van der Waals surface area contributed by atoms with Crippen LogP contribution in [-0.4, -0.2) is 42.0 Å². The van der Waals surface area contributed by atoms with E-state index < -0.39 is 0 Å². The number of amides is 1. The Morgan fingerprint density at radius 2 is 2.42 bits per heavy atom. The van der Waals surface area contributed by atoms with Crippen LogP contribution in [0.4, 0.5) is 0 Å². The van der Waals surface area contributed by atoms with Crippen LogP contribution in [0.1, 0.15) is 13.8 Å². The lowest BCUT2D eigenvalue weighted by Gasteiger charge is -2.36. The van der Waals surface area contributed by atoms with Crippen LogP contribution in [0.5, 0.6) is 0 Å². The Kier molecular flexibility index (Phi) is 3.35. The fourth-order valence-electron chi connectivity index (χ4n) is 1.35. The van der Waals surface area contributed by atoms with Gasteiger partial charge in [-0.15, -0.1) is 11.6 Å². The quantitative estimate of drug-likeness (QED) is 0.576. The summed E-state index contributed by atoms with van der Waals surface area (Å²) in [6, 6.07) is 0.182. The van der Waals surface area contributed by atoms with Crippen LogP contribution in [0.25, 0.3) is 0 Å². The van der Waals surface area contributed by atoms with Gasteiger partial charge in [-0.1, -0.05) is 0 Å². The summed E-state index contributed by atoms with van der Waals surface area (Å²) >= 11 is 5.64. The van der Waals surface area contributed by atoms with Crippen LogP contribution in [0, 0.1) is 0 Å². The summed E-state index contributed by atoms with van der Waals surface area (Å²) in [4.78, 5) is 12.9. The topological polar surface area (TPSA) is 29.5 Å². The molecular formula is C8H14ClNO2. The molecule has 0 aliphatic carbocycles. The summed E-state index contributed by atoms with van der Waals surface area (Å²) in [5.74, 6) is 0.553. The van der Waals surface area contributed by atoms with Gasteiger partial charge in [0.1, 0.15) is 0 Å². The average Bonchev–Trinajstić information content (AvgIpc) is 2.05. The van der Waals surface area contributed by atoms with Crippen LogP contribution < -0.4 is 0 Å². The average molecular weight is 192 g/mol. The fourth-order valence-corrected chi connectivity index (χ4v) is 1.54. The molecule has 1 amide bonds. The Bertz CT molecular complexity index is 174. The first-order valence-corrected chi connectivity index (χ1v) is 4.63. The van der Waals surface area contributed by atoms with E-state index in [4.69, 9.17) is 16.3 Å². The number of nitrogens with zero attached hydrogens (tertiary/aromatic N) is 1. The van der Waals surface area contributed by atoms with Gasteiger partial charge in [0.2, 0.25) is 5.91 Å². The van der Waals surface area contributed by atoms with Crippen molar-refractivity contribution in [2.45, 2.75) is 26.0 Å². The van der Waals surface area contributed by atoms with Crippen molar-refractivity contribution in [2.75, 3.05) is 19.0 Å². The lowest BCUT2D eigenvalue weighted by molar-refractivity contribution is -0.140. The van der Waals surface area contributed by atoms with E-state index in [1.54, 1.807) is 11.8 Å². The summed E-state index contributed by atoms with van der Waals surface area (Å²) in [5, 5.41) is 0. The smallest absolute Gasteiger partial charge is 0.219 e. The number of halogens is 1. The van der Waals surface area contributed by atoms with Crippen molar-refractivity contribution in [3.05, 3.63) is 0 Å². The lowest BCUT2D eigenvalue weighted by atomic mass is 10.2. The fraction of sp³-hybridized carbons (Fsp3) is 0.875. The zero-order valence-electron chi connectivity index (χ0n) is 7.42. The Balaban J connectivity index is 2.53. The van der Waals surface area contributed by atoms with E-state index in [0.29, 0.717) is 19.0 Å². The van der Waals surface area contributed by atoms with Gasteiger partial charge >= 0.3 is 0 Å². The molecule has 2 atom stereocenters. The van der Waals surface area contributed by atoms with Crippen LogP contribution in [0.2, 0.25) is 0 Å². The number of hydrogen-bond acceptors (Lipinski definition) is 2. The number of morpholine rings is 1.